The van der Waals surface area contributed by atoms with Crippen LogP contribution in [0.4, 0.5) is 5.69 Å². The third-order valence-corrected chi connectivity index (χ3v) is 4.63. The summed E-state index contributed by atoms with van der Waals surface area (Å²) in [5, 5.41) is 14.5. The Kier molecular flexibility index (Phi) is 6.22. The van der Waals surface area contributed by atoms with E-state index in [0.717, 1.165) is 25.7 Å². The standard InChI is InChI=1S/C21H22N4O3/c1-14(26)24-17-5-3-16(4-6-17)21(27)25-18-7-9-19(10-8-18)28-20-11-2-15(12-22)13-23-20/h2-6,11,13,18-19H,7-10H2,1H3,(H,24,26)(H,25,27). The molecule has 1 fully saturated rings. The Balaban J connectivity index is 1.46. The van der Waals surface area contributed by atoms with E-state index in [0.29, 0.717) is 22.7 Å². The predicted octanol–water partition coefficient (Wildman–Crippen LogP) is 3.03. The minimum absolute atomic E-state index is 0.0607. The van der Waals surface area contributed by atoms with Crippen molar-refractivity contribution in [2.24, 2.45) is 0 Å². The number of benzene rings is 1. The number of nitrogens with one attached hydrogen (secondary N) is 2. The van der Waals surface area contributed by atoms with Crippen LogP contribution in [-0.4, -0.2) is 28.9 Å². The Morgan fingerprint density at radius 2 is 1.82 bits per heavy atom. The van der Waals surface area contributed by atoms with Crippen molar-refractivity contribution in [3.8, 4) is 11.9 Å². The molecule has 0 saturated heterocycles. The van der Waals surface area contributed by atoms with Gasteiger partial charge in [-0.1, -0.05) is 0 Å². The van der Waals surface area contributed by atoms with Gasteiger partial charge in [0, 0.05) is 36.5 Å². The molecule has 1 aromatic carbocycles. The Bertz CT molecular complexity index is 864. The maximum absolute atomic E-state index is 12.4. The molecule has 1 heterocycles. The number of amides is 2. The molecule has 1 saturated carbocycles. The minimum atomic E-state index is -0.146. The Morgan fingerprint density at radius 1 is 1.11 bits per heavy atom. The SMILES string of the molecule is CC(=O)Nc1ccc(C(=O)NC2CCC(Oc3ccc(C#N)cn3)CC2)cc1. The number of hydrogen-bond donors (Lipinski definition) is 2. The summed E-state index contributed by atoms with van der Waals surface area (Å²) < 4.78 is 5.87. The Morgan fingerprint density at radius 3 is 2.39 bits per heavy atom. The predicted molar refractivity (Wildman–Crippen MR) is 104 cm³/mol. The Labute approximate surface area is 163 Å². The van der Waals surface area contributed by atoms with Gasteiger partial charge >= 0.3 is 0 Å². The van der Waals surface area contributed by atoms with Gasteiger partial charge in [0.05, 0.1) is 5.56 Å². The van der Waals surface area contributed by atoms with Crippen LogP contribution in [-0.2, 0) is 4.79 Å². The average Bonchev–Trinajstić information content (AvgIpc) is 2.70. The lowest BCUT2D eigenvalue weighted by Gasteiger charge is -2.29. The molecular weight excluding hydrogens is 356 g/mol. The van der Waals surface area contributed by atoms with Gasteiger partial charge in [-0.15, -0.1) is 0 Å². The van der Waals surface area contributed by atoms with E-state index >= 15 is 0 Å². The average molecular weight is 378 g/mol. The van der Waals surface area contributed by atoms with Crippen molar-refractivity contribution in [3.05, 3.63) is 53.7 Å². The summed E-state index contributed by atoms with van der Waals surface area (Å²) in [6.45, 7) is 1.44. The van der Waals surface area contributed by atoms with Crippen LogP contribution in [0.1, 0.15) is 48.5 Å². The van der Waals surface area contributed by atoms with Gasteiger partial charge in [-0.25, -0.2) is 4.98 Å². The second kappa shape index (κ2) is 9.00. The normalized spacial score (nSPS) is 18.6. The largest absolute Gasteiger partial charge is 0.474 e. The van der Waals surface area contributed by atoms with Crippen LogP contribution in [0.2, 0.25) is 0 Å². The van der Waals surface area contributed by atoms with Gasteiger partial charge in [0.2, 0.25) is 11.8 Å². The van der Waals surface area contributed by atoms with E-state index in [-0.39, 0.29) is 24.0 Å². The molecule has 144 valence electrons. The van der Waals surface area contributed by atoms with Crippen LogP contribution in [0.3, 0.4) is 0 Å². The summed E-state index contributed by atoms with van der Waals surface area (Å²) in [6, 6.07) is 12.4. The van der Waals surface area contributed by atoms with Gasteiger partial charge in [-0.05, 0) is 56.0 Å². The lowest BCUT2D eigenvalue weighted by atomic mass is 9.92. The van der Waals surface area contributed by atoms with E-state index in [9.17, 15) is 9.59 Å². The van der Waals surface area contributed by atoms with Crippen molar-refractivity contribution in [1.29, 1.82) is 5.26 Å². The second-order valence-electron chi connectivity index (χ2n) is 6.82. The number of ether oxygens (including phenoxy) is 1. The zero-order valence-electron chi connectivity index (χ0n) is 15.6. The molecule has 7 heteroatoms. The number of pyridine rings is 1. The summed E-state index contributed by atoms with van der Waals surface area (Å²) in [4.78, 5) is 27.6. The highest BCUT2D eigenvalue weighted by Crippen LogP contribution is 2.23. The van der Waals surface area contributed by atoms with Gasteiger partial charge in [0.1, 0.15) is 12.2 Å². The fourth-order valence-corrected chi connectivity index (χ4v) is 3.19. The van der Waals surface area contributed by atoms with E-state index in [2.05, 4.69) is 15.6 Å². The number of carbonyl (C=O) groups is 2. The summed E-state index contributed by atoms with van der Waals surface area (Å²) >= 11 is 0. The van der Waals surface area contributed by atoms with Crippen molar-refractivity contribution < 1.29 is 14.3 Å². The molecular formula is C21H22N4O3. The quantitative estimate of drug-likeness (QED) is 0.832. The molecule has 1 aliphatic rings. The van der Waals surface area contributed by atoms with E-state index in [1.807, 2.05) is 6.07 Å². The van der Waals surface area contributed by atoms with Crippen molar-refractivity contribution >= 4 is 17.5 Å². The first-order chi connectivity index (χ1) is 13.5. The molecule has 7 nitrogen and oxygen atoms in total. The molecule has 1 aromatic heterocycles. The smallest absolute Gasteiger partial charge is 0.251 e. The number of nitrogens with zero attached hydrogens (tertiary/aromatic N) is 2. The molecule has 28 heavy (non-hydrogen) atoms. The molecule has 0 spiro atoms. The molecule has 0 bridgehead atoms. The number of hydrogen-bond acceptors (Lipinski definition) is 5. The van der Waals surface area contributed by atoms with Crippen molar-refractivity contribution in [3.63, 3.8) is 0 Å². The van der Waals surface area contributed by atoms with Crippen molar-refractivity contribution in [1.82, 2.24) is 10.3 Å². The summed E-state index contributed by atoms with van der Waals surface area (Å²) in [5.74, 6) is 0.255. The maximum atomic E-state index is 12.4. The minimum Gasteiger partial charge on any atom is -0.474 e. The second-order valence-corrected chi connectivity index (χ2v) is 6.82. The first kappa shape index (κ1) is 19.4. The third-order valence-electron chi connectivity index (χ3n) is 4.63. The molecule has 0 unspecified atom stereocenters. The van der Waals surface area contributed by atoms with Crippen LogP contribution < -0.4 is 15.4 Å². The number of rotatable bonds is 5. The fraction of sp³-hybridized carbons (Fsp3) is 0.333. The van der Waals surface area contributed by atoms with Crippen molar-refractivity contribution in [2.75, 3.05) is 5.32 Å². The fourth-order valence-electron chi connectivity index (χ4n) is 3.19. The highest BCUT2D eigenvalue weighted by molar-refractivity contribution is 5.95. The van der Waals surface area contributed by atoms with Crippen LogP contribution in [0.15, 0.2) is 42.6 Å². The molecule has 2 N–H and O–H groups in total. The van der Waals surface area contributed by atoms with Crippen LogP contribution in [0.5, 0.6) is 5.88 Å². The first-order valence-electron chi connectivity index (χ1n) is 9.25. The lowest BCUT2D eigenvalue weighted by Crippen LogP contribution is -2.39. The summed E-state index contributed by atoms with van der Waals surface area (Å²) in [7, 11) is 0. The van der Waals surface area contributed by atoms with Gasteiger partial charge in [0.15, 0.2) is 0 Å². The summed E-state index contributed by atoms with van der Waals surface area (Å²) in [6.07, 6.45) is 4.87. The van der Waals surface area contributed by atoms with E-state index < -0.39 is 0 Å². The Hall–Kier alpha value is -3.40. The highest BCUT2D eigenvalue weighted by Gasteiger charge is 2.24. The van der Waals surface area contributed by atoms with Crippen LogP contribution in [0.25, 0.3) is 0 Å². The van der Waals surface area contributed by atoms with E-state index in [1.54, 1.807) is 36.4 Å². The van der Waals surface area contributed by atoms with Gasteiger partial charge in [-0.3, -0.25) is 9.59 Å². The van der Waals surface area contributed by atoms with Gasteiger partial charge < -0.3 is 15.4 Å². The van der Waals surface area contributed by atoms with E-state index in [1.165, 1.54) is 13.1 Å². The number of anilines is 1. The van der Waals surface area contributed by atoms with Crippen molar-refractivity contribution in [2.45, 2.75) is 44.8 Å². The number of nitriles is 1. The topological polar surface area (TPSA) is 104 Å². The molecule has 2 aromatic rings. The molecule has 0 aliphatic heterocycles. The van der Waals surface area contributed by atoms with Gasteiger partial charge in [-0.2, -0.15) is 5.26 Å². The molecule has 3 rings (SSSR count). The van der Waals surface area contributed by atoms with Crippen LogP contribution >= 0.6 is 0 Å². The number of carbonyl (C=O) groups excluding carboxylic acids is 2. The zero-order valence-corrected chi connectivity index (χ0v) is 15.6. The maximum Gasteiger partial charge on any atom is 0.251 e. The van der Waals surface area contributed by atoms with E-state index in [4.69, 9.17) is 10.00 Å². The summed E-state index contributed by atoms with van der Waals surface area (Å²) in [5.41, 5.74) is 1.73. The lowest BCUT2D eigenvalue weighted by molar-refractivity contribution is -0.114. The number of aromatic nitrogens is 1. The zero-order chi connectivity index (χ0) is 19.9. The molecule has 1 aliphatic carbocycles. The molecule has 0 atom stereocenters. The highest BCUT2D eigenvalue weighted by atomic mass is 16.5. The van der Waals surface area contributed by atoms with Crippen LogP contribution in [0, 0.1) is 11.3 Å². The first-order valence-corrected chi connectivity index (χ1v) is 9.25. The monoisotopic (exact) mass is 378 g/mol. The molecule has 2 amide bonds. The molecule has 0 radical (unpaired) electrons. The van der Waals surface area contributed by atoms with Gasteiger partial charge in [0.25, 0.3) is 5.91 Å². The third kappa shape index (κ3) is 5.30.